The van der Waals surface area contributed by atoms with Crippen molar-refractivity contribution in [1.82, 2.24) is 0 Å². The van der Waals surface area contributed by atoms with E-state index in [2.05, 4.69) is 143 Å². The first-order valence-corrected chi connectivity index (χ1v) is 13.5. The van der Waals surface area contributed by atoms with Crippen molar-refractivity contribution < 1.29 is 9.31 Å². The fraction of sp³-hybridized carbons (Fsp3) is 0.200. The van der Waals surface area contributed by atoms with E-state index in [0.29, 0.717) is 0 Å². The molecule has 0 bridgehead atoms. The molecule has 0 unspecified atom stereocenters. The first-order valence-electron chi connectivity index (χ1n) is 13.5. The smallest absolute Gasteiger partial charge is 0.399 e. The van der Waals surface area contributed by atoms with Gasteiger partial charge in [0, 0.05) is 0 Å². The maximum atomic E-state index is 6.70. The van der Waals surface area contributed by atoms with Crippen molar-refractivity contribution in [1.29, 1.82) is 0 Å². The predicted molar refractivity (Wildman–Crippen MR) is 157 cm³/mol. The van der Waals surface area contributed by atoms with E-state index in [1.165, 1.54) is 44.2 Å². The van der Waals surface area contributed by atoms with Crippen LogP contribution in [0, 0.1) is 0 Å². The van der Waals surface area contributed by atoms with E-state index < -0.39 is 23.7 Å². The van der Waals surface area contributed by atoms with Crippen molar-refractivity contribution in [3.63, 3.8) is 0 Å². The quantitative estimate of drug-likeness (QED) is 0.237. The third-order valence-electron chi connectivity index (χ3n) is 8.98. The third kappa shape index (κ3) is 3.09. The van der Waals surface area contributed by atoms with Gasteiger partial charge in [0.2, 0.25) is 0 Å². The maximum absolute atomic E-state index is 6.70. The molecule has 0 N–H and O–H groups in total. The van der Waals surface area contributed by atoms with Gasteiger partial charge >= 0.3 is 7.12 Å². The minimum absolute atomic E-state index is 0.426. The molecule has 0 atom stereocenters. The summed E-state index contributed by atoms with van der Waals surface area (Å²) in [5.41, 5.74) is 7.35. The summed E-state index contributed by atoms with van der Waals surface area (Å²) in [5, 5.41) is 2.45. The van der Waals surface area contributed by atoms with Crippen LogP contribution in [0.2, 0.25) is 0 Å². The number of rotatable bonds is 3. The van der Waals surface area contributed by atoms with Gasteiger partial charge in [0.1, 0.15) is 0 Å². The van der Waals surface area contributed by atoms with Crippen LogP contribution < -0.4 is 5.46 Å². The van der Waals surface area contributed by atoms with Gasteiger partial charge in [-0.1, -0.05) is 115 Å². The number of fused-ring (bicyclic) bond motifs is 5. The Labute approximate surface area is 225 Å². The molecule has 0 aromatic heterocycles. The summed E-state index contributed by atoms with van der Waals surface area (Å²) in [7, 11) is -0.464. The van der Waals surface area contributed by atoms with Crippen LogP contribution in [0.3, 0.4) is 0 Å². The Morgan fingerprint density at radius 1 is 0.579 bits per heavy atom. The highest BCUT2D eigenvalue weighted by Crippen LogP contribution is 2.57. The summed E-state index contributed by atoms with van der Waals surface area (Å²) in [6.45, 7) is 8.50. The Hall–Kier alpha value is -3.66. The molecule has 0 saturated carbocycles. The Balaban J connectivity index is 1.67. The lowest BCUT2D eigenvalue weighted by Crippen LogP contribution is -2.41. The molecule has 1 saturated heterocycles. The second-order valence-electron chi connectivity index (χ2n) is 11.6. The molecule has 5 aromatic rings. The molecule has 7 rings (SSSR count). The molecule has 2 aliphatic rings. The zero-order valence-electron chi connectivity index (χ0n) is 22.4. The number of hydrogen-bond acceptors (Lipinski definition) is 2. The van der Waals surface area contributed by atoms with Gasteiger partial charge in [-0.2, -0.15) is 0 Å². The molecule has 38 heavy (non-hydrogen) atoms. The van der Waals surface area contributed by atoms with E-state index in [9.17, 15) is 0 Å². The molecular formula is C35H31BO2. The van der Waals surface area contributed by atoms with E-state index in [0.717, 1.165) is 5.46 Å². The average Bonchev–Trinajstić information content (AvgIpc) is 3.37. The van der Waals surface area contributed by atoms with E-state index in [4.69, 9.17) is 9.31 Å². The van der Waals surface area contributed by atoms with Crippen LogP contribution in [-0.2, 0) is 14.7 Å². The lowest BCUT2D eigenvalue weighted by molar-refractivity contribution is 0.00578. The molecule has 0 spiro atoms. The first kappa shape index (κ1) is 23.5. The normalized spacial score (nSPS) is 18.4. The monoisotopic (exact) mass is 494 g/mol. The average molecular weight is 494 g/mol. The second-order valence-corrected chi connectivity index (χ2v) is 11.6. The van der Waals surface area contributed by atoms with Crippen LogP contribution in [0.1, 0.15) is 49.9 Å². The van der Waals surface area contributed by atoms with Crippen LogP contribution in [0.15, 0.2) is 115 Å². The van der Waals surface area contributed by atoms with Crippen molar-refractivity contribution in [2.45, 2.75) is 44.3 Å². The van der Waals surface area contributed by atoms with Crippen molar-refractivity contribution in [3.8, 4) is 11.1 Å². The Kier molecular flexibility index (Phi) is 5.04. The summed E-state index contributed by atoms with van der Waals surface area (Å²) < 4.78 is 13.4. The minimum atomic E-state index is -0.478. The predicted octanol–water partition coefficient (Wildman–Crippen LogP) is 7.50. The third-order valence-corrected chi connectivity index (χ3v) is 8.98. The summed E-state index contributed by atoms with van der Waals surface area (Å²) in [6, 6.07) is 41.9. The first-order chi connectivity index (χ1) is 18.3. The van der Waals surface area contributed by atoms with Crippen molar-refractivity contribution in [2.75, 3.05) is 0 Å². The Morgan fingerprint density at radius 2 is 1.11 bits per heavy atom. The molecule has 1 aliphatic carbocycles. The molecule has 0 amide bonds. The lowest BCUT2D eigenvalue weighted by atomic mass is 9.65. The van der Waals surface area contributed by atoms with Crippen LogP contribution in [0.5, 0.6) is 0 Å². The van der Waals surface area contributed by atoms with Crippen LogP contribution in [0.25, 0.3) is 21.9 Å². The van der Waals surface area contributed by atoms with E-state index in [-0.39, 0.29) is 0 Å². The van der Waals surface area contributed by atoms with E-state index >= 15 is 0 Å². The van der Waals surface area contributed by atoms with Gasteiger partial charge in [0.05, 0.1) is 16.6 Å². The molecule has 186 valence electrons. The molecule has 1 heterocycles. The van der Waals surface area contributed by atoms with Crippen molar-refractivity contribution >= 4 is 23.4 Å². The zero-order chi connectivity index (χ0) is 26.1. The van der Waals surface area contributed by atoms with Crippen molar-refractivity contribution in [3.05, 3.63) is 138 Å². The van der Waals surface area contributed by atoms with Crippen molar-refractivity contribution in [2.24, 2.45) is 0 Å². The van der Waals surface area contributed by atoms with Gasteiger partial charge in [-0.25, -0.2) is 0 Å². The largest absolute Gasteiger partial charge is 0.495 e. The molecular weight excluding hydrogens is 463 g/mol. The van der Waals surface area contributed by atoms with Gasteiger partial charge in [0.25, 0.3) is 0 Å². The van der Waals surface area contributed by atoms with Gasteiger partial charge < -0.3 is 9.31 Å². The van der Waals surface area contributed by atoms with Gasteiger partial charge in [-0.3, -0.25) is 0 Å². The lowest BCUT2D eigenvalue weighted by Gasteiger charge is -2.35. The van der Waals surface area contributed by atoms with E-state index in [1.807, 2.05) is 0 Å². The standard InChI is InChI=1S/C35H31BO2/c1-33(2)34(3,4)38-36(37-33)30-23-24-15-11-12-20-27(24)32-31(30)28-21-13-14-22-29(28)35(32,25-16-7-5-8-17-25)26-18-9-6-10-19-26/h5-23H,1-4H3. The topological polar surface area (TPSA) is 18.5 Å². The van der Waals surface area contributed by atoms with Crippen LogP contribution in [0.4, 0.5) is 0 Å². The summed E-state index contributed by atoms with van der Waals surface area (Å²) in [4.78, 5) is 0. The Bertz CT molecular complexity index is 1620. The summed E-state index contributed by atoms with van der Waals surface area (Å²) >= 11 is 0. The zero-order valence-corrected chi connectivity index (χ0v) is 22.4. The summed E-state index contributed by atoms with van der Waals surface area (Å²) in [5.74, 6) is 0. The number of benzene rings is 5. The van der Waals surface area contributed by atoms with Crippen LogP contribution >= 0.6 is 0 Å². The van der Waals surface area contributed by atoms with E-state index in [1.54, 1.807) is 0 Å². The van der Waals surface area contributed by atoms with Gasteiger partial charge in [-0.15, -0.1) is 0 Å². The fourth-order valence-electron chi connectivity index (χ4n) is 6.51. The maximum Gasteiger partial charge on any atom is 0.495 e. The molecule has 0 radical (unpaired) electrons. The summed E-state index contributed by atoms with van der Waals surface area (Å²) in [6.07, 6.45) is 0. The highest BCUT2D eigenvalue weighted by molar-refractivity contribution is 6.64. The highest BCUT2D eigenvalue weighted by Gasteiger charge is 2.55. The van der Waals surface area contributed by atoms with Gasteiger partial charge in [0.15, 0.2) is 0 Å². The molecule has 1 fully saturated rings. The second kappa shape index (κ2) is 8.17. The minimum Gasteiger partial charge on any atom is -0.399 e. The fourth-order valence-corrected chi connectivity index (χ4v) is 6.51. The number of hydrogen-bond donors (Lipinski definition) is 0. The SMILES string of the molecule is CC1(C)OB(c2cc3ccccc3c3c2-c2ccccc2C3(c2ccccc2)c2ccccc2)OC1(C)C. The molecule has 3 heteroatoms. The molecule has 1 aliphatic heterocycles. The van der Waals surface area contributed by atoms with Gasteiger partial charge in [-0.05, 0) is 77.3 Å². The molecule has 5 aromatic carbocycles. The van der Waals surface area contributed by atoms with Crippen LogP contribution in [-0.4, -0.2) is 18.3 Å². The Morgan fingerprint density at radius 3 is 1.74 bits per heavy atom. The molecule has 2 nitrogen and oxygen atoms in total. The highest BCUT2D eigenvalue weighted by atomic mass is 16.7.